The fourth-order valence-electron chi connectivity index (χ4n) is 2.70. The lowest BCUT2D eigenvalue weighted by atomic mass is 10.2. The van der Waals surface area contributed by atoms with Crippen molar-refractivity contribution in [2.45, 2.75) is 39.2 Å². The van der Waals surface area contributed by atoms with E-state index in [0.717, 1.165) is 13.0 Å². The van der Waals surface area contributed by atoms with Crippen LogP contribution >= 0.6 is 11.3 Å². The second kappa shape index (κ2) is 6.64. The Morgan fingerprint density at radius 2 is 2.17 bits per heavy atom. The molecule has 0 unspecified atom stereocenters. The van der Waals surface area contributed by atoms with Gasteiger partial charge in [-0.05, 0) is 53.2 Å². The van der Waals surface area contributed by atoms with Gasteiger partial charge >= 0.3 is 0 Å². The van der Waals surface area contributed by atoms with Gasteiger partial charge in [-0.15, -0.1) is 11.3 Å². The van der Waals surface area contributed by atoms with Crippen LogP contribution in [-0.2, 0) is 6.42 Å². The molecule has 0 N–H and O–H groups in total. The highest BCUT2D eigenvalue weighted by atomic mass is 32.1. The highest BCUT2D eigenvalue weighted by Crippen LogP contribution is 2.14. The van der Waals surface area contributed by atoms with Crippen molar-refractivity contribution >= 4 is 11.3 Å². The maximum atomic E-state index is 4.31. The Bertz CT molecular complexity index is 358. The summed E-state index contributed by atoms with van der Waals surface area (Å²) in [5.74, 6) is 0. The number of hydrogen-bond donors (Lipinski definition) is 0. The standard InChI is InChI=1S/C14H25N3S/c1-12(17-7-4-5-8-17)10-16(3)9-6-14-13(2)15-11-18-14/h11-12H,4-10H2,1-3H3/t12-/m1/s1. The van der Waals surface area contributed by atoms with Gasteiger partial charge in [0.05, 0.1) is 11.2 Å². The quantitative estimate of drug-likeness (QED) is 0.789. The van der Waals surface area contributed by atoms with E-state index in [-0.39, 0.29) is 0 Å². The molecule has 102 valence electrons. The molecule has 1 aliphatic rings. The minimum absolute atomic E-state index is 0.694. The van der Waals surface area contributed by atoms with Crippen LogP contribution in [0.15, 0.2) is 5.51 Å². The molecular weight excluding hydrogens is 242 g/mol. The van der Waals surface area contributed by atoms with Crippen LogP contribution in [-0.4, -0.2) is 54.1 Å². The van der Waals surface area contributed by atoms with Crippen molar-refractivity contribution in [2.24, 2.45) is 0 Å². The average Bonchev–Trinajstić information content (AvgIpc) is 2.97. The molecule has 0 saturated carbocycles. The number of likely N-dealkylation sites (tertiary alicyclic amines) is 1. The fourth-order valence-corrected chi connectivity index (χ4v) is 3.47. The van der Waals surface area contributed by atoms with Crippen molar-refractivity contribution in [3.63, 3.8) is 0 Å². The van der Waals surface area contributed by atoms with E-state index in [1.165, 1.54) is 43.0 Å². The number of aryl methyl sites for hydroxylation is 1. The van der Waals surface area contributed by atoms with E-state index >= 15 is 0 Å². The number of nitrogens with zero attached hydrogens (tertiary/aromatic N) is 3. The number of likely N-dealkylation sites (N-methyl/N-ethyl adjacent to an activating group) is 1. The first-order valence-electron chi connectivity index (χ1n) is 6.98. The highest BCUT2D eigenvalue weighted by molar-refractivity contribution is 7.09. The lowest BCUT2D eigenvalue weighted by molar-refractivity contribution is 0.193. The first kappa shape index (κ1) is 14.0. The summed E-state index contributed by atoms with van der Waals surface area (Å²) >= 11 is 1.79. The first-order chi connectivity index (χ1) is 8.66. The van der Waals surface area contributed by atoms with Crippen molar-refractivity contribution in [1.29, 1.82) is 0 Å². The molecule has 1 atom stereocenters. The van der Waals surface area contributed by atoms with Crippen LogP contribution in [0, 0.1) is 6.92 Å². The summed E-state index contributed by atoms with van der Waals surface area (Å²) in [7, 11) is 2.24. The molecule has 0 aromatic carbocycles. The summed E-state index contributed by atoms with van der Waals surface area (Å²) < 4.78 is 0. The normalized spacial score (nSPS) is 18.7. The van der Waals surface area contributed by atoms with Crippen molar-refractivity contribution in [2.75, 3.05) is 33.2 Å². The molecule has 1 fully saturated rings. The Morgan fingerprint density at radius 1 is 1.44 bits per heavy atom. The van der Waals surface area contributed by atoms with Crippen LogP contribution in [0.2, 0.25) is 0 Å². The van der Waals surface area contributed by atoms with Crippen molar-refractivity contribution in [3.8, 4) is 0 Å². The number of hydrogen-bond acceptors (Lipinski definition) is 4. The second-order valence-electron chi connectivity index (χ2n) is 5.47. The van der Waals surface area contributed by atoms with Gasteiger partial charge in [0, 0.05) is 24.0 Å². The van der Waals surface area contributed by atoms with E-state index in [4.69, 9.17) is 0 Å². The molecule has 1 aromatic heterocycles. The maximum absolute atomic E-state index is 4.31. The zero-order chi connectivity index (χ0) is 13.0. The Labute approximate surface area is 115 Å². The molecule has 0 radical (unpaired) electrons. The molecule has 2 rings (SSSR count). The third-order valence-corrected chi connectivity index (χ3v) is 4.90. The third-order valence-electron chi connectivity index (χ3n) is 3.91. The molecule has 1 aromatic rings. The van der Waals surface area contributed by atoms with Gasteiger partial charge in [0.1, 0.15) is 0 Å². The molecule has 2 heterocycles. The third kappa shape index (κ3) is 3.77. The molecule has 18 heavy (non-hydrogen) atoms. The predicted molar refractivity (Wildman–Crippen MR) is 78.3 cm³/mol. The maximum Gasteiger partial charge on any atom is 0.0797 e. The Hall–Kier alpha value is -0.450. The molecule has 1 aliphatic heterocycles. The van der Waals surface area contributed by atoms with Crippen LogP contribution in [0.3, 0.4) is 0 Å². The predicted octanol–water partition coefficient (Wildman–Crippen LogP) is 2.41. The summed E-state index contributed by atoms with van der Waals surface area (Å²) in [5, 5.41) is 0. The molecule has 0 amide bonds. The smallest absolute Gasteiger partial charge is 0.0797 e. The van der Waals surface area contributed by atoms with E-state index in [9.17, 15) is 0 Å². The van der Waals surface area contributed by atoms with E-state index < -0.39 is 0 Å². The summed E-state index contributed by atoms with van der Waals surface area (Å²) in [6, 6.07) is 0.694. The van der Waals surface area contributed by atoms with Crippen LogP contribution in [0.4, 0.5) is 0 Å². The van der Waals surface area contributed by atoms with Crippen LogP contribution in [0.25, 0.3) is 0 Å². The second-order valence-corrected chi connectivity index (χ2v) is 6.40. The summed E-state index contributed by atoms with van der Waals surface area (Å²) in [6.07, 6.45) is 3.90. The topological polar surface area (TPSA) is 19.4 Å². The summed E-state index contributed by atoms with van der Waals surface area (Å²) in [4.78, 5) is 10.8. The minimum Gasteiger partial charge on any atom is -0.304 e. The largest absolute Gasteiger partial charge is 0.304 e. The van der Waals surface area contributed by atoms with E-state index in [1.807, 2.05) is 5.51 Å². The number of thiazole rings is 1. The van der Waals surface area contributed by atoms with Crippen molar-refractivity contribution in [1.82, 2.24) is 14.8 Å². The SMILES string of the molecule is Cc1ncsc1CCN(C)C[C@@H](C)N1CCCC1. The van der Waals surface area contributed by atoms with E-state index in [1.54, 1.807) is 11.3 Å². The first-order valence-corrected chi connectivity index (χ1v) is 7.86. The van der Waals surface area contributed by atoms with Gasteiger partial charge in [0.2, 0.25) is 0 Å². The molecule has 0 spiro atoms. The monoisotopic (exact) mass is 267 g/mol. The molecule has 1 saturated heterocycles. The number of rotatable bonds is 6. The summed E-state index contributed by atoms with van der Waals surface area (Å²) in [6.45, 7) is 9.38. The lowest BCUT2D eigenvalue weighted by Crippen LogP contribution is -2.40. The highest BCUT2D eigenvalue weighted by Gasteiger charge is 2.19. The van der Waals surface area contributed by atoms with Crippen LogP contribution < -0.4 is 0 Å². The van der Waals surface area contributed by atoms with Gasteiger partial charge in [0.25, 0.3) is 0 Å². The van der Waals surface area contributed by atoms with Crippen LogP contribution in [0.5, 0.6) is 0 Å². The lowest BCUT2D eigenvalue weighted by Gasteiger charge is -2.28. The van der Waals surface area contributed by atoms with Gasteiger partial charge in [-0.25, -0.2) is 4.98 Å². The average molecular weight is 267 g/mol. The van der Waals surface area contributed by atoms with Crippen molar-refractivity contribution in [3.05, 3.63) is 16.1 Å². The Balaban J connectivity index is 1.71. The fraction of sp³-hybridized carbons (Fsp3) is 0.786. The molecule has 4 heteroatoms. The van der Waals surface area contributed by atoms with Crippen molar-refractivity contribution < 1.29 is 0 Å². The zero-order valence-electron chi connectivity index (χ0n) is 11.9. The number of aromatic nitrogens is 1. The van der Waals surface area contributed by atoms with E-state index in [2.05, 4.69) is 35.7 Å². The van der Waals surface area contributed by atoms with Gasteiger partial charge in [-0.3, -0.25) is 4.90 Å². The molecule has 3 nitrogen and oxygen atoms in total. The molecule has 0 bridgehead atoms. The van der Waals surface area contributed by atoms with Gasteiger partial charge in [-0.1, -0.05) is 0 Å². The Kier molecular flexibility index (Phi) is 5.15. The molecule has 0 aliphatic carbocycles. The van der Waals surface area contributed by atoms with Gasteiger partial charge in [0.15, 0.2) is 0 Å². The Morgan fingerprint density at radius 3 is 2.78 bits per heavy atom. The summed E-state index contributed by atoms with van der Waals surface area (Å²) in [5.41, 5.74) is 3.17. The van der Waals surface area contributed by atoms with E-state index in [0.29, 0.717) is 6.04 Å². The minimum atomic E-state index is 0.694. The van der Waals surface area contributed by atoms with Gasteiger partial charge in [-0.2, -0.15) is 0 Å². The molecular formula is C14H25N3S. The van der Waals surface area contributed by atoms with Crippen LogP contribution in [0.1, 0.15) is 30.3 Å². The zero-order valence-corrected chi connectivity index (χ0v) is 12.7. The van der Waals surface area contributed by atoms with Gasteiger partial charge < -0.3 is 4.90 Å².